The average Bonchev–Trinajstić information content (AvgIpc) is 0.725. The molecule has 8 bridgehead atoms. The van der Waals surface area contributed by atoms with Gasteiger partial charge in [0.15, 0.2) is 0 Å². The number of methoxy groups -OCH3 is 1. The van der Waals surface area contributed by atoms with E-state index in [-0.39, 0.29) is 60.2 Å². The van der Waals surface area contributed by atoms with E-state index in [1.165, 1.54) is 229 Å². The van der Waals surface area contributed by atoms with Gasteiger partial charge in [0.25, 0.3) is 0 Å². The van der Waals surface area contributed by atoms with Gasteiger partial charge in [-0.2, -0.15) is 0 Å². The topological polar surface area (TPSA) is 9.23 Å². The molecule has 8 fully saturated rings. The van der Waals surface area contributed by atoms with Crippen molar-refractivity contribution < 1.29 is 41.8 Å². The van der Waals surface area contributed by atoms with Crippen LogP contribution < -0.4 is 4.74 Å². The Hall–Kier alpha value is -9.31. The Bertz CT molecular complexity index is 6280. The zero-order chi connectivity index (χ0) is 110. The Kier molecular flexibility index (Phi) is 46.9. The maximum Gasteiger partial charge on any atom is 0.123 e. The van der Waals surface area contributed by atoms with Crippen molar-refractivity contribution in [3.63, 3.8) is 0 Å². The smallest absolute Gasteiger partial charge is 0.123 e. The molecule has 0 heterocycles. The monoisotopic (exact) mass is 2060 g/mol. The Balaban J connectivity index is 0.000000221. The van der Waals surface area contributed by atoms with Gasteiger partial charge in [-0.3, -0.25) is 0 Å². The molecule has 0 aromatic heterocycles. The van der Waals surface area contributed by atoms with Gasteiger partial charge in [-0.15, -0.1) is 34.9 Å². The first-order valence-electron chi connectivity index (χ1n) is 55.5. The number of hydrogen-bond acceptors (Lipinski definition) is 1. The summed E-state index contributed by atoms with van der Waals surface area (Å²) in [5.74, 6) is 7.08. The third-order valence-corrected chi connectivity index (χ3v) is 33.5. The average molecular weight is 2060 g/mol. The first-order valence-corrected chi connectivity index (χ1v) is 55.5. The van der Waals surface area contributed by atoms with Crippen LogP contribution in [0.2, 0.25) is 0 Å². The molecule has 793 valence electrons. The number of ether oxygens (including phenoxy) is 1. The predicted octanol–water partition coefficient (Wildman–Crippen LogP) is 41.2. The largest absolute Gasteiger partial charge is 0.497 e. The molecule has 1 nitrogen and oxygen atoms in total. The summed E-state index contributed by atoms with van der Waals surface area (Å²) in [5.41, 5.74) is 55.2. The van der Waals surface area contributed by atoms with Crippen molar-refractivity contribution in [2.24, 2.45) is 35.5 Å². The van der Waals surface area contributed by atoms with Gasteiger partial charge >= 0.3 is 0 Å². The molecule has 0 aliphatic heterocycles. The molecule has 0 N–H and O–H groups in total. The standard InChI is InChI=1S/C19H26.C18H24.C16H26.C14H13.C13H20.C12H18.C10H14.C9H12O.2C9H12.C8H9F.C8H10.Y/c1-12-4-13(2)14(3)18(5-12)19-9-15-6-16(10-19)8-17(7-15)11-19;1-12-4-3-5-17(13(12)2)18-9-14-6-15(10-18)8-16(7-14)11-18;1-11-9-13(15(3,4)5)10-14(12(11)2)16(6,7)8;1-11-8-12(2)10-14(9-11)13-6-4-3-5-7-13;1-9-7-10(2)11(3)12(8-9)13(4,5)6;1-9-7-6-8-11(10(9)2)12(3,4)5;1-7-5-8(2)10(4)9(3)6-7;1-7-4-5-9(10-3)6-8(7)2;1-7-4-5-8(2)9(3)6-7;1-7-5-4-6-8(2)9(7)3;1-6-3-4-8(9)5-7(6)2;1-7-5-3-4-6-8(7)2;/h4-5,15-17H,6-11H2,1-3H3;3-5,14-16H,6-11H2,1-2H3;9-10H,1-8H3;3-9H,1-2H3;7-8H,1-6H3;6-8H,1-5H3;5-6H,1-4H3;4-6H,1-3H3;2*4-6H,1-3H3;3-5H,1-2H3;3-6H,1-2H3;/q;;;-1;;;;;;;;;. The fraction of sp³-hybridized carbons (Fsp3) is 0.462. The van der Waals surface area contributed by atoms with Crippen LogP contribution in [0.3, 0.4) is 0 Å². The van der Waals surface area contributed by atoms with Crippen LogP contribution in [0.4, 0.5) is 4.39 Å². The van der Waals surface area contributed by atoms with E-state index >= 15 is 0 Å². The van der Waals surface area contributed by atoms with Crippen LogP contribution in [0.1, 0.15) is 360 Å². The van der Waals surface area contributed by atoms with Gasteiger partial charge in [0.05, 0.1) is 7.11 Å². The molecule has 148 heavy (non-hydrogen) atoms. The predicted molar refractivity (Wildman–Crippen MR) is 645 cm³/mol. The van der Waals surface area contributed by atoms with Crippen molar-refractivity contribution in [1.82, 2.24) is 0 Å². The molecule has 1 radical (unpaired) electrons. The molecule has 13 aromatic carbocycles. The summed E-state index contributed by atoms with van der Waals surface area (Å²) in [4.78, 5) is 0. The van der Waals surface area contributed by atoms with Crippen LogP contribution in [-0.4, -0.2) is 7.11 Å². The molecule has 0 amide bonds. The second-order valence-corrected chi connectivity index (χ2v) is 50.4. The van der Waals surface area contributed by atoms with Crippen molar-refractivity contribution in [1.29, 1.82) is 0 Å². The fourth-order valence-corrected chi connectivity index (χ4v) is 24.2. The van der Waals surface area contributed by atoms with Crippen LogP contribution >= 0.6 is 0 Å². The SMILES string of the molecule is COc1ccc(C)c(C)c1.Cc1[c-]c(-c2ccccc2)cc(C)c1.Cc1cc(C(C)(C)C)cc(C(C)(C)C)c1C.Cc1cc(C)c(C)c(C(C)(C)C)c1.Cc1cc(C)c(C)c(C)c1.Cc1cc(C)c(C)c(C23CC4CC(CC(C4)C2)C3)c1.Cc1ccc(C)c(C)c1.Cc1ccc(F)cc1C.Cc1cccc(C(C)(C)C)c1C.Cc1cccc(C)c1C.Cc1cccc(C23CC4CC(CC(C4)C2)C3)c1C.Cc1ccccc1C.[Y]. The van der Waals surface area contributed by atoms with Gasteiger partial charge in [0.2, 0.25) is 0 Å². The van der Waals surface area contributed by atoms with E-state index in [4.69, 9.17) is 4.74 Å². The van der Waals surface area contributed by atoms with Gasteiger partial charge in [-0.25, -0.2) is 4.39 Å². The number of halogens is 1. The minimum atomic E-state index is -0.155. The van der Waals surface area contributed by atoms with Crippen LogP contribution in [0.25, 0.3) is 11.1 Å². The van der Waals surface area contributed by atoms with Crippen LogP contribution in [-0.2, 0) is 65.2 Å². The maximum atomic E-state index is 12.3. The van der Waals surface area contributed by atoms with Gasteiger partial charge in [-0.1, -0.05) is 313 Å². The number of hydrogen-bond donors (Lipinski definition) is 0. The number of aryl methyl sites for hydroxylation is 23. The van der Waals surface area contributed by atoms with E-state index < -0.39 is 0 Å². The molecule has 3 heteroatoms. The molecular formula is C145H196FOY-. The number of benzene rings is 13. The van der Waals surface area contributed by atoms with E-state index in [0.717, 1.165) is 52.4 Å². The van der Waals surface area contributed by atoms with Gasteiger partial charge < -0.3 is 4.74 Å². The molecule has 0 unspecified atom stereocenters. The second-order valence-electron chi connectivity index (χ2n) is 50.4. The van der Waals surface area contributed by atoms with E-state index in [2.05, 4.69) is 471 Å². The van der Waals surface area contributed by atoms with Crippen LogP contribution in [0, 0.1) is 255 Å². The summed E-state index contributed by atoms with van der Waals surface area (Å²) in [6.07, 6.45) is 18.2. The van der Waals surface area contributed by atoms with Gasteiger partial charge in [0, 0.05) is 32.7 Å². The van der Waals surface area contributed by atoms with E-state index in [9.17, 15) is 4.39 Å². The quantitative estimate of drug-likeness (QED) is 0.160. The molecule has 8 aliphatic rings. The summed E-state index contributed by atoms with van der Waals surface area (Å²) < 4.78 is 17.4. The fourth-order valence-electron chi connectivity index (χ4n) is 24.2. The number of rotatable bonds is 4. The first kappa shape index (κ1) is 126. The van der Waals surface area contributed by atoms with Gasteiger partial charge in [0.1, 0.15) is 11.6 Å². The van der Waals surface area contributed by atoms with Crippen molar-refractivity contribution in [2.75, 3.05) is 7.11 Å². The molecule has 8 saturated carbocycles. The minimum Gasteiger partial charge on any atom is -0.497 e. The molecule has 13 aromatic rings. The molecule has 0 atom stereocenters. The van der Waals surface area contributed by atoms with Crippen LogP contribution in [0.5, 0.6) is 5.75 Å². The van der Waals surface area contributed by atoms with Crippen molar-refractivity contribution in [2.45, 2.75) is 400 Å². The van der Waals surface area contributed by atoms with Crippen molar-refractivity contribution >= 4 is 0 Å². The third kappa shape index (κ3) is 36.5. The maximum absolute atomic E-state index is 12.3. The second kappa shape index (κ2) is 55.3. The minimum absolute atomic E-state index is 0. The van der Waals surface area contributed by atoms with Crippen LogP contribution in [0.15, 0.2) is 224 Å². The van der Waals surface area contributed by atoms with Crippen molar-refractivity contribution in [3.05, 3.63) is 437 Å². The Labute approximate surface area is 930 Å². The summed E-state index contributed by atoms with van der Waals surface area (Å²) in [5, 5.41) is 0. The Morgan fingerprint density at radius 3 is 0.953 bits per heavy atom. The first-order chi connectivity index (χ1) is 68.5. The summed E-state index contributed by atoms with van der Waals surface area (Å²) >= 11 is 0. The summed E-state index contributed by atoms with van der Waals surface area (Å²) in [7, 11) is 1.68. The zero-order valence-electron chi connectivity index (χ0n) is 101. The molecule has 0 saturated heterocycles. The van der Waals surface area contributed by atoms with E-state index in [1.54, 1.807) is 74.0 Å². The van der Waals surface area contributed by atoms with Gasteiger partial charge in [-0.05, 0) is 530 Å². The van der Waals surface area contributed by atoms with E-state index in [0.29, 0.717) is 10.8 Å². The Morgan fingerprint density at radius 2 is 0.561 bits per heavy atom. The Morgan fingerprint density at radius 1 is 0.243 bits per heavy atom. The molecular weight excluding hydrogens is 1870 g/mol. The third-order valence-electron chi connectivity index (χ3n) is 33.5. The van der Waals surface area contributed by atoms with Crippen molar-refractivity contribution in [3.8, 4) is 16.9 Å². The zero-order valence-corrected chi connectivity index (χ0v) is 104. The summed E-state index contributed by atoms with van der Waals surface area (Å²) in [6.45, 7) is 92.2. The normalized spacial score (nSPS) is 18.1. The molecule has 0 spiro atoms. The molecule has 8 aliphatic carbocycles. The molecule has 21 rings (SSSR count). The summed E-state index contributed by atoms with van der Waals surface area (Å²) in [6, 6.07) is 82.3. The van der Waals surface area contributed by atoms with E-state index in [1.807, 2.05) is 32.0 Å².